The molecule has 1 atom stereocenters. The molecule has 0 aliphatic carbocycles. The van der Waals surface area contributed by atoms with E-state index in [1.165, 1.54) is 5.56 Å². The second kappa shape index (κ2) is 8.98. The van der Waals surface area contributed by atoms with Crippen LogP contribution in [0.15, 0.2) is 24.3 Å². The van der Waals surface area contributed by atoms with E-state index < -0.39 is 0 Å². The number of piperazine rings is 1. The molecule has 0 saturated carbocycles. The summed E-state index contributed by atoms with van der Waals surface area (Å²) in [5.74, 6) is 0.180. The number of halogens is 1. The molecule has 154 valence electrons. The van der Waals surface area contributed by atoms with Gasteiger partial charge in [0.25, 0.3) is 5.91 Å². The van der Waals surface area contributed by atoms with Crippen LogP contribution < -0.4 is 0 Å². The highest BCUT2D eigenvalue weighted by Crippen LogP contribution is 2.24. The van der Waals surface area contributed by atoms with Crippen LogP contribution in [0, 0.1) is 31.1 Å². The van der Waals surface area contributed by atoms with E-state index in [0.717, 1.165) is 5.56 Å². The molecule has 1 amide bonds. The maximum Gasteiger partial charge on any atom is 0.258 e. The van der Waals surface area contributed by atoms with Crippen LogP contribution in [0.4, 0.5) is 0 Å². The second-order valence-corrected chi connectivity index (χ2v) is 8.40. The van der Waals surface area contributed by atoms with E-state index in [0.29, 0.717) is 49.1 Å². The predicted octanol–water partition coefficient (Wildman–Crippen LogP) is 3.51. The molecule has 2 heterocycles. The summed E-state index contributed by atoms with van der Waals surface area (Å²) in [5, 5.41) is 14.3. The minimum Gasteiger partial charge on any atom is -0.336 e. The molecule has 7 heteroatoms. The molecular formula is C22H28ClN5O. The average Bonchev–Trinajstić information content (AvgIpc) is 2.97. The molecule has 1 saturated heterocycles. The Bertz CT molecular complexity index is 905. The lowest BCUT2D eigenvalue weighted by molar-refractivity contribution is 0.0576. The van der Waals surface area contributed by atoms with Gasteiger partial charge in [-0.25, -0.2) is 4.68 Å². The minimum absolute atomic E-state index is 0.0830. The van der Waals surface area contributed by atoms with E-state index >= 15 is 0 Å². The number of hydrogen-bond donors (Lipinski definition) is 0. The van der Waals surface area contributed by atoms with Crippen LogP contribution in [-0.2, 0) is 6.54 Å². The van der Waals surface area contributed by atoms with Crippen LogP contribution in [0.2, 0.25) is 5.15 Å². The quantitative estimate of drug-likeness (QED) is 0.752. The monoisotopic (exact) mass is 413 g/mol. The molecule has 1 fully saturated rings. The third kappa shape index (κ3) is 4.63. The number of amides is 1. The van der Waals surface area contributed by atoms with Crippen molar-refractivity contribution in [3.63, 3.8) is 0 Å². The molecule has 1 aromatic carbocycles. The summed E-state index contributed by atoms with van der Waals surface area (Å²) in [6.45, 7) is 11.1. The van der Waals surface area contributed by atoms with Gasteiger partial charge in [0.1, 0.15) is 11.2 Å². The molecule has 0 spiro atoms. The van der Waals surface area contributed by atoms with E-state index in [1.54, 1.807) is 4.68 Å². The van der Waals surface area contributed by atoms with Gasteiger partial charge in [-0.15, -0.1) is 0 Å². The number of aromatic nitrogens is 2. The minimum atomic E-state index is -0.116. The Hall–Kier alpha value is -2.36. The van der Waals surface area contributed by atoms with Crippen molar-refractivity contribution in [3.8, 4) is 6.07 Å². The van der Waals surface area contributed by atoms with Crippen molar-refractivity contribution in [1.82, 2.24) is 19.6 Å². The van der Waals surface area contributed by atoms with Crippen molar-refractivity contribution in [1.29, 1.82) is 5.26 Å². The van der Waals surface area contributed by atoms with Gasteiger partial charge in [0, 0.05) is 26.2 Å². The van der Waals surface area contributed by atoms with Gasteiger partial charge in [-0.3, -0.25) is 9.69 Å². The lowest BCUT2D eigenvalue weighted by atomic mass is 10.0. The first-order valence-electron chi connectivity index (χ1n) is 10.0. The summed E-state index contributed by atoms with van der Waals surface area (Å²) in [4.78, 5) is 17.1. The number of hydrogen-bond acceptors (Lipinski definition) is 4. The highest BCUT2D eigenvalue weighted by atomic mass is 35.5. The molecule has 0 N–H and O–H groups in total. The molecule has 29 heavy (non-hydrogen) atoms. The summed E-state index contributed by atoms with van der Waals surface area (Å²) < 4.78 is 1.69. The third-order valence-electron chi connectivity index (χ3n) is 5.49. The number of aryl methyl sites for hydroxylation is 2. The van der Waals surface area contributed by atoms with Gasteiger partial charge >= 0.3 is 0 Å². The van der Waals surface area contributed by atoms with Crippen LogP contribution >= 0.6 is 11.6 Å². The van der Waals surface area contributed by atoms with Gasteiger partial charge in [0.05, 0.1) is 23.9 Å². The number of benzene rings is 1. The summed E-state index contributed by atoms with van der Waals surface area (Å²) >= 11 is 6.57. The number of nitrogens with zero attached hydrogens (tertiary/aromatic N) is 5. The first-order valence-corrected chi connectivity index (χ1v) is 10.4. The van der Waals surface area contributed by atoms with E-state index in [2.05, 4.69) is 42.0 Å². The molecule has 0 bridgehead atoms. The second-order valence-electron chi connectivity index (χ2n) is 8.04. The van der Waals surface area contributed by atoms with Gasteiger partial charge in [-0.1, -0.05) is 55.3 Å². The van der Waals surface area contributed by atoms with E-state index in [4.69, 9.17) is 11.6 Å². The van der Waals surface area contributed by atoms with Crippen molar-refractivity contribution in [3.05, 3.63) is 51.8 Å². The van der Waals surface area contributed by atoms with Gasteiger partial charge < -0.3 is 4.90 Å². The van der Waals surface area contributed by atoms with Crippen LogP contribution in [0.3, 0.4) is 0 Å². The highest BCUT2D eigenvalue weighted by Gasteiger charge is 2.30. The standard InChI is InChI=1S/C22H28ClN5O/c1-15(2)19(13-24)26-9-11-27(12-10-26)22(29)20-17(4)25-28(21(20)23)14-18-7-5-16(3)6-8-18/h5-8,15,19H,9-12,14H2,1-4H3. The first kappa shape index (κ1) is 21.4. The Kier molecular flexibility index (Phi) is 6.61. The fourth-order valence-corrected chi connectivity index (χ4v) is 4.10. The Morgan fingerprint density at radius 1 is 1.17 bits per heavy atom. The van der Waals surface area contributed by atoms with Gasteiger partial charge in [-0.2, -0.15) is 10.4 Å². The average molecular weight is 414 g/mol. The molecule has 1 aromatic heterocycles. The van der Waals surface area contributed by atoms with Gasteiger partial charge in [0.2, 0.25) is 0 Å². The first-order chi connectivity index (χ1) is 13.8. The number of carbonyl (C=O) groups is 1. The predicted molar refractivity (Wildman–Crippen MR) is 114 cm³/mol. The smallest absolute Gasteiger partial charge is 0.258 e. The van der Waals surface area contributed by atoms with Crippen molar-refractivity contribution in [2.45, 2.75) is 40.3 Å². The molecule has 3 rings (SSSR count). The molecule has 1 aliphatic rings. The Balaban J connectivity index is 1.71. The lowest BCUT2D eigenvalue weighted by Crippen LogP contribution is -2.52. The van der Waals surface area contributed by atoms with Crippen molar-refractivity contribution in [2.24, 2.45) is 5.92 Å². The van der Waals surface area contributed by atoms with E-state index in [9.17, 15) is 10.1 Å². The zero-order valence-corrected chi connectivity index (χ0v) is 18.3. The fraction of sp³-hybridized carbons (Fsp3) is 0.500. The summed E-state index contributed by atoms with van der Waals surface area (Å²) in [6, 6.07) is 10.5. The largest absolute Gasteiger partial charge is 0.336 e. The maximum absolute atomic E-state index is 13.1. The van der Waals surface area contributed by atoms with Gasteiger partial charge in [0.15, 0.2) is 0 Å². The molecule has 1 aliphatic heterocycles. The zero-order chi connectivity index (χ0) is 21.1. The summed E-state index contributed by atoms with van der Waals surface area (Å²) in [7, 11) is 0. The Labute approximate surface area is 177 Å². The molecular weight excluding hydrogens is 386 g/mol. The van der Waals surface area contributed by atoms with Gasteiger partial charge in [-0.05, 0) is 25.3 Å². The van der Waals surface area contributed by atoms with Crippen molar-refractivity contribution >= 4 is 17.5 Å². The Morgan fingerprint density at radius 3 is 2.34 bits per heavy atom. The topological polar surface area (TPSA) is 65.2 Å². The van der Waals surface area contributed by atoms with E-state index in [1.807, 2.05) is 30.9 Å². The summed E-state index contributed by atoms with van der Waals surface area (Å²) in [5.41, 5.74) is 3.41. The molecule has 6 nitrogen and oxygen atoms in total. The fourth-order valence-electron chi connectivity index (χ4n) is 3.78. The van der Waals surface area contributed by atoms with Crippen LogP contribution in [0.1, 0.15) is 41.0 Å². The van der Waals surface area contributed by atoms with E-state index in [-0.39, 0.29) is 17.9 Å². The molecule has 1 unspecified atom stereocenters. The van der Waals surface area contributed by atoms with Crippen LogP contribution in [-0.4, -0.2) is 57.7 Å². The van der Waals surface area contributed by atoms with Crippen LogP contribution in [0.25, 0.3) is 0 Å². The summed E-state index contributed by atoms with van der Waals surface area (Å²) in [6.07, 6.45) is 0. The van der Waals surface area contributed by atoms with Crippen LogP contribution in [0.5, 0.6) is 0 Å². The number of nitriles is 1. The third-order valence-corrected chi connectivity index (χ3v) is 5.87. The SMILES string of the molecule is Cc1ccc(Cn2nc(C)c(C(=O)N3CCN(C(C#N)C(C)C)CC3)c2Cl)cc1. The Morgan fingerprint density at radius 2 is 1.79 bits per heavy atom. The molecule has 2 aromatic rings. The number of carbonyl (C=O) groups excluding carboxylic acids is 1. The normalized spacial score (nSPS) is 16.1. The molecule has 0 radical (unpaired) electrons. The zero-order valence-electron chi connectivity index (χ0n) is 17.5. The van der Waals surface area contributed by atoms with Crippen molar-refractivity contribution in [2.75, 3.05) is 26.2 Å². The van der Waals surface area contributed by atoms with Crippen molar-refractivity contribution < 1.29 is 4.79 Å². The maximum atomic E-state index is 13.1. The highest BCUT2D eigenvalue weighted by molar-refractivity contribution is 6.33. The lowest BCUT2D eigenvalue weighted by Gasteiger charge is -2.38. The number of rotatable bonds is 5.